The van der Waals surface area contributed by atoms with Crippen molar-refractivity contribution in [3.8, 4) is 11.3 Å². The highest BCUT2D eigenvalue weighted by Gasteiger charge is 2.33. The number of amidine groups is 1. The lowest BCUT2D eigenvalue weighted by Gasteiger charge is -2.21. The van der Waals surface area contributed by atoms with Crippen molar-refractivity contribution in [2.24, 2.45) is 0 Å². The molecule has 0 bridgehead atoms. The molecule has 5 nitrogen and oxygen atoms in total. The zero-order valence-electron chi connectivity index (χ0n) is 14.8. The SMILES string of the molecule is N=C1C(c2nc(-c3cccc(C(F)(F)F)c3)cs2)=C(O)CN1C[C@H]1CCCO1. The Balaban J connectivity index is 1.56. The van der Waals surface area contributed by atoms with Crippen molar-refractivity contribution in [2.75, 3.05) is 19.7 Å². The fourth-order valence-corrected chi connectivity index (χ4v) is 4.32. The van der Waals surface area contributed by atoms with E-state index in [1.54, 1.807) is 16.3 Å². The highest BCUT2D eigenvalue weighted by atomic mass is 32.1. The van der Waals surface area contributed by atoms with E-state index >= 15 is 0 Å². The molecule has 3 heterocycles. The van der Waals surface area contributed by atoms with Crippen molar-refractivity contribution in [2.45, 2.75) is 25.1 Å². The van der Waals surface area contributed by atoms with Gasteiger partial charge in [0, 0.05) is 24.1 Å². The number of hydrogen-bond donors (Lipinski definition) is 2. The van der Waals surface area contributed by atoms with Crippen LogP contribution in [0.1, 0.15) is 23.4 Å². The molecule has 9 heteroatoms. The number of halogens is 3. The Morgan fingerprint density at radius 2 is 2.18 bits per heavy atom. The predicted octanol–water partition coefficient (Wildman–Crippen LogP) is 4.57. The standard InChI is InChI=1S/C19H18F3N3O2S/c20-19(21,22)12-4-1-3-11(7-12)14-10-28-18(24-14)16-15(26)9-25(17(16)23)8-13-5-2-6-27-13/h1,3-4,7,10,13,23,26H,2,5-6,8-9H2/t13-/m1/s1. The Morgan fingerprint density at radius 1 is 1.36 bits per heavy atom. The van der Waals surface area contributed by atoms with E-state index in [4.69, 9.17) is 10.1 Å². The quantitative estimate of drug-likeness (QED) is 0.776. The van der Waals surface area contributed by atoms with E-state index in [9.17, 15) is 18.3 Å². The van der Waals surface area contributed by atoms with Crippen LogP contribution < -0.4 is 0 Å². The summed E-state index contributed by atoms with van der Waals surface area (Å²) in [5.74, 6) is 0.214. The molecule has 0 saturated carbocycles. The molecule has 4 rings (SSSR count). The van der Waals surface area contributed by atoms with Gasteiger partial charge in [0.2, 0.25) is 0 Å². The Hall–Kier alpha value is -2.39. The van der Waals surface area contributed by atoms with Gasteiger partial charge in [0.1, 0.15) is 16.6 Å². The van der Waals surface area contributed by atoms with Crippen molar-refractivity contribution in [3.05, 3.63) is 46.0 Å². The van der Waals surface area contributed by atoms with Crippen molar-refractivity contribution < 1.29 is 23.0 Å². The van der Waals surface area contributed by atoms with Gasteiger partial charge in [-0.2, -0.15) is 13.2 Å². The molecule has 0 unspecified atom stereocenters. The predicted molar refractivity (Wildman–Crippen MR) is 100 cm³/mol. The molecule has 0 amide bonds. The molecule has 2 aromatic rings. The smallest absolute Gasteiger partial charge is 0.416 e. The van der Waals surface area contributed by atoms with E-state index in [0.29, 0.717) is 35.0 Å². The third-order valence-electron chi connectivity index (χ3n) is 4.83. The summed E-state index contributed by atoms with van der Waals surface area (Å²) in [5, 5.41) is 20.8. The highest BCUT2D eigenvalue weighted by molar-refractivity contribution is 7.11. The minimum Gasteiger partial charge on any atom is -0.510 e. The van der Waals surface area contributed by atoms with Crippen LogP contribution in [0, 0.1) is 5.41 Å². The van der Waals surface area contributed by atoms with Crippen LogP contribution in [0.2, 0.25) is 0 Å². The van der Waals surface area contributed by atoms with Crippen LogP contribution in [0.25, 0.3) is 16.8 Å². The molecule has 2 N–H and O–H groups in total. The highest BCUT2D eigenvalue weighted by Crippen LogP contribution is 2.35. The van der Waals surface area contributed by atoms with E-state index in [0.717, 1.165) is 25.0 Å². The lowest BCUT2D eigenvalue weighted by Crippen LogP contribution is -2.34. The normalized spacial score (nSPS) is 20.5. The monoisotopic (exact) mass is 409 g/mol. The maximum absolute atomic E-state index is 12.9. The van der Waals surface area contributed by atoms with Crippen molar-refractivity contribution in [1.29, 1.82) is 5.41 Å². The molecule has 1 aromatic carbocycles. The van der Waals surface area contributed by atoms with Crippen LogP contribution in [0.5, 0.6) is 0 Å². The van der Waals surface area contributed by atoms with Gasteiger partial charge in [-0.1, -0.05) is 12.1 Å². The van der Waals surface area contributed by atoms with E-state index < -0.39 is 11.7 Å². The Bertz CT molecular complexity index is 933. The molecule has 2 aliphatic heterocycles. The summed E-state index contributed by atoms with van der Waals surface area (Å²) in [7, 11) is 0. The number of nitrogens with zero attached hydrogens (tertiary/aromatic N) is 2. The topological polar surface area (TPSA) is 69.4 Å². The van der Waals surface area contributed by atoms with Gasteiger partial charge in [-0.15, -0.1) is 11.3 Å². The average molecular weight is 409 g/mol. The number of aromatic nitrogens is 1. The molecule has 2 aliphatic rings. The number of aliphatic hydroxyl groups excluding tert-OH is 1. The maximum atomic E-state index is 12.9. The molecule has 1 aromatic heterocycles. The molecule has 0 spiro atoms. The second kappa shape index (κ2) is 7.21. The summed E-state index contributed by atoms with van der Waals surface area (Å²) in [5.41, 5.74) is 0.328. The van der Waals surface area contributed by atoms with E-state index in [1.807, 2.05) is 0 Å². The van der Waals surface area contributed by atoms with Crippen molar-refractivity contribution >= 4 is 22.7 Å². The third-order valence-corrected chi connectivity index (χ3v) is 5.69. The summed E-state index contributed by atoms with van der Waals surface area (Å²) in [4.78, 5) is 6.13. The van der Waals surface area contributed by atoms with Gasteiger partial charge >= 0.3 is 6.18 Å². The summed E-state index contributed by atoms with van der Waals surface area (Å²) < 4.78 is 44.4. The Morgan fingerprint density at radius 3 is 2.89 bits per heavy atom. The van der Waals surface area contributed by atoms with Crippen LogP contribution in [0.4, 0.5) is 13.2 Å². The molecule has 1 atom stereocenters. The van der Waals surface area contributed by atoms with Crippen LogP contribution in [-0.4, -0.2) is 46.6 Å². The molecular weight excluding hydrogens is 391 g/mol. The fourth-order valence-electron chi connectivity index (χ4n) is 3.42. The van der Waals surface area contributed by atoms with Gasteiger partial charge in [0.25, 0.3) is 0 Å². The Labute approximate surface area is 163 Å². The number of hydrogen-bond acceptors (Lipinski definition) is 5. The van der Waals surface area contributed by atoms with Crippen LogP contribution >= 0.6 is 11.3 Å². The molecule has 148 valence electrons. The zero-order valence-corrected chi connectivity index (χ0v) is 15.6. The lowest BCUT2D eigenvalue weighted by molar-refractivity contribution is -0.137. The second-order valence-electron chi connectivity index (χ2n) is 6.80. The number of thiazole rings is 1. The van der Waals surface area contributed by atoms with Gasteiger partial charge in [0.05, 0.1) is 29.5 Å². The summed E-state index contributed by atoms with van der Waals surface area (Å²) in [6, 6.07) is 4.97. The minimum atomic E-state index is -4.42. The first-order chi connectivity index (χ1) is 13.3. The van der Waals surface area contributed by atoms with E-state index in [-0.39, 0.29) is 24.2 Å². The molecule has 0 radical (unpaired) electrons. The van der Waals surface area contributed by atoms with Gasteiger partial charge < -0.3 is 14.7 Å². The lowest BCUT2D eigenvalue weighted by atomic mass is 10.1. The van der Waals surface area contributed by atoms with Crippen LogP contribution in [-0.2, 0) is 10.9 Å². The summed E-state index contributed by atoms with van der Waals surface area (Å²) >= 11 is 1.20. The van der Waals surface area contributed by atoms with Gasteiger partial charge in [0.15, 0.2) is 0 Å². The summed E-state index contributed by atoms with van der Waals surface area (Å²) in [6.07, 6.45) is -2.46. The molecule has 28 heavy (non-hydrogen) atoms. The first-order valence-corrected chi connectivity index (χ1v) is 9.72. The molecular formula is C19H18F3N3O2S. The second-order valence-corrected chi connectivity index (χ2v) is 7.66. The Kier molecular flexibility index (Phi) is 4.88. The van der Waals surface area contributed by atoms with E-state index in [1.165, 1.54) is 17.4 Å². The fraction of sp³-hybridized carbons (Fsp3) is 0.368. The van der Waals surface area contributed by atoms with Crippen LogP contribution in [0.15, 0.2) is 35.4 Å². The maximum Gasteiger partial charge on any atom is 0.416 e. The first kappa shape index (κ1) is 18.9. The molecule has 1 fully saturated rings. The number of alkyl halides is 3. The van der Waals surface area contributed by atoms with Crippen molar-refractivity contribution in [3.63, 3.8) is 0 Å². The van der Waals surface area contributed by atoms with Gasteiger partial charge in [-0.3, -0.25) is 5.41 Å². The van der Waals surface area contributed by atoms with E-state index in [2.05, 4.69) is 4.98 Å². The van der Waals surface area contributed by atoms with Gasteiger partial charge in [-0.05, 0) is 25.0 Å². The minimum absolute atomic E-state index is 0.0458. The third kappa shape index (κ3) is 3.64. The number of aliphatic hydroxyl groups is 1. The summed E-state index contributed by atoms with van der Waals surface area (Å²) in [6.45, 7) is 1.45. The number of nitrogens with one attached hydrogen (secondary N) is 1. The van der Waals surface area contributed by atoms with Crippen LogP contribution in [0.3, 0.4) is 0 Å². The number of rotatable bonds is 4. The largest absolute Gasteiger partial charge is 0.510 e. The average Bonchev–Trinajstić information content (AvgIpc) is 3.37. The molecule has 0 aliphatic carbocycles. The first-order valence-electron chi connectivity index (χ1n) is 8.84. The van der Waals surface area contributed by atoms with Crippen molar-refractivity contribution in [1.82, 2.24) is 9.88 Å². The van der Waals surface area contributed by atoms with Gasteiger partial charge in [-0.25, -0.2) is 4.98 Å². The zero-order chi connectivity index (χ0) is 19.9. The number of ether oxygens (including phenoxy) is 1. The molecule has 1 saturated heterocycles. The number of benzene rings is 1.